The quantitative estimate of drug-likeness (QED) is 0.202. The number of aliphatic hydroxyl groups is 6. The highest BCUT2D eigenvalue weighted by Gasteiger charge is 2.27. The summed E-state index contributed by atoms with van der Waals surface area (Å²) in [6.07, 6.45) is -1.99. The Morgan fingerprint density at radius 2 is 1.88 bits per heavy atom. The van der Waals surface area contributed by atoms with Crippen LogP contribution >= 0.6 is 0 Å². The number of aryl methyl sites for hydroxylation is 1. The van der Waals surface area contributed by atoms with Crippen molar-refractivity contribution >= 4 is 5.97 Å². The van der Waals surface area contributed by atoms with Crippen molar-refractivity contribution in [3.63, 3.8) is 0 Å². The molecule has 1 aromatic heterocycles. The van der Waals surface area contributed by atoms with Gasteiger partial charge in [-0.2, -0.15) is 0 Å². The SMILES string of the molecule is O=C(O)COC(O)(O)CCCc1cnc(C(O)C(O)C(O)CO)cn1. The van der Waals surface area contributed by atoms with Gasteiger partial charge in [0.1, 0.15) is 24.9 Å². The zero-order valence-corrected chi connectivity index (χ0v) is 13.3. The van der Waals surface area contributed by atoms with Gasteiger partial charge in [-0.05, 0) is 12.8 Å². The maximum absolute atomic E-state index is 10.3. The average molecular weight is 362 g/mol. The summed E-state index contributed by atoms with van der Waals surface area (Å²) in [5.74, 6) is -3.90. The van der Waals surface area contributed by atoms with Gasteiger partial charge in [0.05, 0.1) is 24.2 Å². The van der Waals surface area contributed by atoms with Gasteiger partial charge in [-0.3, -0.25) is 9.97 Å². The van der Waals surface area contributed by atoms with Crippen molar-refractivity contribution in [2.45, 2.75) is 43.5 Å². The molecule has 3 atom stereocenters. The fraction of sp³-hybridized carbons (Fsp3) is 0.643. The zero-order chi connectivity index (χ0) is 19.0. The Kier molecular flexibility index (Phi) is 8.25. The third-order valence-electron chi connectivity index (χ3n) is 3.30. The van der Waals surface area contributed by atoms with Crippen LogP contribution in [0, 0.1) is 0 Å². The molecule has 1 aromatic rings. The lowest BCUT2D eigenvalue weighted by Gasteiger charge is -2.21. The van der Waals surface area contributed by atoms with Gasteiger partial charge < -0.3 is 40.5 Å². The molecule has 0 aliphatic carbocycles. The lowest BCUT2D eigenvalue weighted by molar-refractivity contribution is -0.338. The highest BCUT2D eigenvalue weighted by Crippen LogP contribution is 2.17. The van der Waals surface area contributed by atoms with E-state index in [-0.39, 0.29) is 25.0 Å². The van der Waals surface area contributed by atoms with Crippen LogP contribution in [0.4, 0.5) is 0 Å². The first-order valence-corrected chi connectivity index (χ1v) is 7.42. The van der Waals surface area contributed by atoms with Crippen molar-refractivity contribution in [1.29, 1.82) is 0 Å². The number of carboxylic acid groups (broad SMARTS) is 1. The minimum atomic E-state index is -2.56. The number of rotatable bonds is 11. The average Bonchev–Trinajstić information content (AvgIpc) is 2.58. The van der Waals surface area contributed by atoms with Crippen molar-refractivity contribution in [1.82, 2.24) is 9.97 Å². The van der Waals surface area contributed by atoms with Gasteiger partial charge >= 0.3 is 5.97 Å². The van der Waals surface area contributed by atoms with Gasteiger partial charge in [0.25, 0.3) is 5.97 Å². The summed E-state index contributed by atoms with van der Waals surface area (Å²) in [5.41, 5.74) is 0.439. The molecule has 0 amide bonds. The molecule has 0 aliphatic rings. The molecule has 7 N–H and O–H groups in total. The second-order valence-electron chi connectivity index (χ2n) is 5.40. The standard InChI is InChI=1S/C14H22N2O9/c17-6-10(18)13(22)12(21)9-5-15-8(4-16-9)2-1-3-14(23,24)25-7-11(19)20/h4-5,10,12-13,17-18,21-24H,1-3,6-7H2,(H,19,20). The van der Waals surface area contributed by atoms with E-state index in [4.69, 9.17) is 10.2 Å². The Morgan fingerprint density at radius 3 is 2.40 bits per heavy atom. The molecule has 0 saturated heterocycles. The molecule has 1 heterocycles. The number of nitrogens with zero attached hydrogens (tertiary/aromatic N) is 2. The Morgan fingerprint density at radius 1 is 1.20 bits per heavy atom. The summed E-state index contributed by atoms with van der Waals surface area (Å²) < 4.78 is 4.41. The Hall–Kier alpha value is -1.73. The monoisotopic (exact) mass is 362 g/mol. The Balaban J connectivity index is 2.50. The van der Waals surface area contributed by atoms with E-state index in [9.17, 15) is 30.3 Å². The molecule has 11 nitrogen and oxygen atoms in total. The van der Waals surface area contributed by atoms with Crippen molar-refractivity contribution in [2.24, 2.45) is 0 Å². The number of hydrogen-bond acceptors (Lipinski definition) is 10. The van der Waals surface area contributed by atoms with Crippen LogP contribution in [0.2, 0.25) is 0 Å². The van der Waals surface area contributed by atoms with E-state index >= 15 is 0 Å². The molecule has 0 saturated carbocycles. The van der Waals surface area contributed by atoms with E-state index < -0.39 is 43.5 Å². The molecule has 0 bridgehead atoms. The number of aliphatic carboxylic acids is 1. The van der Waals surface area contributed by atoms with Crippen molar-refractivity contribution in [2.75, 3.05) is 13.2 Å². The molecule has 25 heavy (non-hydrogen) atoms. The summed E-state index contributed by atoms with van der Waals surface area (Å²) in [5, 5.41) is 64.7. The maximum atomic E-state index is 10.3. The molecule has 0 spiro atoms. The number of hydrogen-bond donors (Lipinski definition) is 7. The van der Waals surface area contributed by atoms with E-state index in [0.717, 1.165) is 0 Å². The molecule has 0 aliphatic heterocycles. The van der Waals surface area contributed by atoms with Gasteiger partial charge in [0, 0.05) is 12.6 Å². The van der Waals surface area contributed by atoms with E-state index in [1.807, 2.05) is 0 Å². The molecule has 1 rings (SSSR count). The predicted octanol–water partition coefficient (Wildman–Crippen LogP) is -2.71. The Bertz CT molecular complexity index is 538. The first-order chi connectivity index (χ1) is 11.7. The predicted molar refractivity (Wildman–Crippen MR) is 79.8 cm³/mol. The molecule has 0 aromatic carbocycles. The largest absolute Gasteiger partial charge is 0.480 e. The lowest BCUT2D eigenvalue weighted by Crippen LogP contribution is -2.35. The number of aliphatic hydroxyl groups excluding tert-OH is 4. The zero-order valence-electron chi connectivity index (χ0n) is 13.3. The van der Waals surface area contributed by atoms with E-state index in [2.05, 4.69) is 14.7 Å². The van der Waals surface area contributed by atoms with Gasteiger partial charge in [-0.15, -0.1) is 0 Å². The molecule has 0 fully saturated rings. The first-order valence-electron chi connectivity index (χ1n) is 7.42. The number of aromatic nitrogens is 2. The Labute approximate surface area is 142 Å². The van der Waals surface area contributed by atoms with E-state index in [0.29, 0.717) is 5.69 Å². The molecule has 3 unspecified atom stereocenters. The molecular formula is C14H22N2O9. The molecule has 0 radical (unpaired) electrons. The van der Waals surface area contributed by atoms with Crippen LogP contribution in [-0.2, 0) is 16.0 Å². The molecule has 142 valence electrons. The highest BCUT2D eigenvalue weighted by molar-refractivity contribution is 5.68. The molecular weight excluding hydrogens is 340 g/mol. The van der Waals surface area contributed by atoms with Gasteiger partial charge in [-0.1, -0.05) is 0 Å². The molecule has 11 heteroatoms. The van der Waals surface area contributed by atoms with Crippen molar-refractivity contribution < 1.29 is 45.3 Å². The second-order valence-corrected chi connectivity index (χ2v) is 5.40. The van der Waals surface area contributed by atoms with Crippen LogP contribution in [0.3, 0.4) is 0 Å². The van der Waals surface area contributed by atoms with Gasteiger partial charge in [0.2, 0.25) is 0 Å². The number of carboxylic acids is 1. The summed E-state index contributed by atoms with van der Waals surface area (Å²) >= 11 is 0. The first kappa shape index (κ1) is 21.3. The lowest BCUT2D eigenvalue weighted by atomic mass is 10.1. The smallest absolute Gasteiger partial charge is 0.329 e. The normalized spacial score (nSPS) is 15.6. The van der Waals surface area contributed by atoms with Crippen LogP contribution in [0.1, 0.15) is 30.3 Å². The van der Waals surface area contributed by atoms with Crippen LogP contribution in [-0.4, -0.2) is 83.1 Å². The summed E-state index contributed by atoms with van der Waals surface area (Å²) in [6, 6.07) is 0. The fourth-order valence-corrected chi connectivity index (χ4v) is 1.89. The number of ether oxygens (including phenoxy) is 1. The topological polar surface area (TPSA) is 194 Å². The fourth-order valence-electron chi connectivity index (χ4n) is 1.89. The summed E-state index contributed by atoms with van der Waals surface area (Å²) in [6.45, 7) is -1.57. The maximum Gasteiger partial charge on any atom is 0.329 e. The summed E-state index contributed by atoms with van der Waals surface area (Å²) in [7, 11) is 0. The minimum absolute atomic E-state index is 0.00722. The van der Waals surface area contributed by atoms with Crippen molar-refractivity contribution in [3.8, 4) is 0 Å². The second kappa shape index (κ2) is 9.68. The third-order valence-corrected chi connectivity index (χ3v) is 3.30. The third kappa shape index (κ3) is 7.36. The minimum Gasteiger partial charge on any atom is -0.480 e. The van der Waals surface area contributed by atoms with Crippen LogP contribution in [0.5, 0.6) is 0 Å². The van der Waals surface area contributed by atoms with E-state index in [1.54, 1.807) is 0 Å². The van der Waals surface area contributed by atoms with Gasteiger partial charge in [0.15, 0.2) is 0 Å². The van der Waals surface area contributed by atoms with Crippen molar-refractivity contribution in [3.05, 3.63) is 23.8 Å². The van der Waals surface area contributed by atoms with Crippen LogP contribution in [0.15, 0.2) is 12.4 Å². The summed E-state index contributed by atoms with van der Waals surface area (Å²) in [4.78, 5) is 18.2. The highest BCUT2D eigenvalue weighted by atomic mass is 16.8. The van der Waals surface area contributed by atoms with Gasteiger partial charge in [-0.25, -0.2) is 4.79 Å². The van der Waals surface area contributed by atoms with Crippen LogP contribution in [0.25, 0.3) is 0 Å². The van der Waals surface area contributed by atoms with Crippen LogP contribution < -0.4 is 0 Å². The number of carbonyl (C=O) groups is 1. The van der Waals surface area contributed by atoms with E-state index in [1.165, 1.54) is 12.4 Å².